The summed E-state index contributed by atoms with van der Waals surface area (Å²) >= 11 is 0. The Kier molecular flexibility index (Phi) is 6.74. The molecule has 0 saturated carbocycles. The predicted octanol–water partition coefficient (Wildman–Crippen LogP) is 10.3. The molecule has 0 spiro atoms. The molecular formula is C43H41N. The van der Waals surface area contributed by atoms with Crippen molar-refractivity contribution in [3.05, 3.63) is 178 Å². The van der Waals surface area contributed by atoms with Crippen LogP contribution in [0.3, 0.4) is 0 Å². The topological polar surface area (TPSA) is 12.0 Å². The van der Waals surface area contributed by atoms with E-state index in [0.29, 0.717) is 0 Å². The number of rotatable bonds is 6. The van der Waals surface area contributed by atoms with Crippen LogP contribution in [-0.4, -0.2) is 6.04 Å². The minimum atomic E-state index is -0.00161. The summed E-state index contributed by atoms with van der Waals surface area (Å²) in [5.41, 5.74) is 17.4. The van der Waals surface area contributed by atoms with Crippen LogP contribution in [-0.2, 0) is 17.3 Å². The van der Waals surface area contributed by atoms with Crippen molar-refractivity contribution >= 4 is 11.3 Å². The normalized spacial score (nSPS) is 20.5. The van der Waals surface area contributed by atoms with Gasteiger partial charge >= 0.3 is 0 Å². The number of nitrogens with one attached hydrogen (secondary N) is 1. The van der Waals surface area contributed by atoms with Gasteiger partial charge in [0.2, 0.25) is 0 Å². The monoisotopic (exact) mass is 571 g/mol. The molecule has 1 N–H and O–H groups in total. The van der Waals surface area contributed by atoms with Crippen LogP contribution in [0.25, 0.3) is 22.4 Å². The SMILES string of the molecule is C=C/C=C\C1=C(C)C(C)(C)c2cc(C/C=C\C3=CC4NC(c5ccc6c(c5)C(C)(C)c5ccccc5-6)=CC=C4C=C3)ccc21. The summed E-state index contributed by atoms with van der Waals surface area (Å²) in [5.74, 6) is 0. The molecule has 0 saturated heterocycles. The van der Waals surface area contributed by atoms with E-state index >= 15 is 0 Å². The lowest BCUT2D eigenvalue weighted by Crippen LogP contribution is -2.31. The van der Waals surface area contributed by atoms with E-state index in [1.165, 1.54) is 72.5 Å². The van der Waals surface area contributed by atoms with Crippen molar-refractivity contribution in [2.45, 2.75) is 57.9 Å². The Morgan fingerprint density at radius 3 is 2.41 bits per heavy atom. The first-order valence-electron chi connectivity index (χ1n) is 15.8. The number of fused-ring (bicyclic) bond motifs is 5. The number of hydrogen-bond donors (Lipinski definition) is 1. The van der Waals surface area contributed by atoms with Crippen molar-refractivity contribution in [2.24, 2.45) is 0 Å². The highest BCUT2D eigenvalue weighted by molar-refractivity contribution is 5.86. The fourth-order valence-electron chi connectivity index (χ4n) is 7.40. The third-order valence-corrected chi connectivity index (χ3v) is 10.3. The van der Waals surface area contributed by atoms with Gasteiger partial charge in [0.25, 0.3) is 0 Å². The Morgan fingerprint density at radius 1 is 0.795 bits per heavy atom. The van der Waals surface area contributed by atoms with Gasteiger partial charge in [-0.3, -0.25) is 0 Å². The summed E-state index contributed by atoms with van der Waals surface area (Å²) in [7, 11) is 0. The first kappa shape index (κ1) is 28.2. The Balaban J connectivity index is 1.07. The van der Waals surface area contributed by atoms with E-state index in [1.807, 2.05) is 12.2 Å². The number of allylic oxidation sites excluding steroid dienone is 11. The van der Waals surface area contributed by atoms with Crippen molar-refractivity contribution in [3.63, 3.8) is 0 Å². The van der Waals surface area contributed by atoms with E-state index < -0.39 is 0 Å². The molecule has 1 heteroatoms. The largest absolute Gasteiger partial charge is 0.374 e. The lowest BCUT2D eigenvalue weighted by Gasteiger charge is -2.27. The van der Waals surface area contributed by atoms with Crippen molar-refractivity contribution in [3.8, 4) is 11.1 Å². The van der Waals surface area contributed by atoms with Gasteiger partial charge in [0.1, 0.15) is 0 Å². The van der Waals surface area contributed by atoms with Crippen LogP contribution < -0.4 is 5.32 Å². The number of dihydropyridines is 1. The zero-order valence-corrected chi connectivity index (χ0v) is 26.5. The average molecular weight is 572 g/mol. The first-order chi connectivity index (χ1) is 21.2. The lowest BCUT2D eigenvalue weighted by molar-refractivity contribution is 0.638. The maximum atomic E-state index is 3.85. The summed E-state index contributed by atoms with van der Waals surface area (Å²) < 4.78 is 0. The van der Waals surface area contributed by atoms with Crippen LogP contribution in [0.15, 0.2) is 145 Å². The third-order valence-electron chi connectivity index (χ3n) is 10.3. The second-order valence-electron chi connectivity index (χ2n) is 13.5. The molecule has 0 fully saturated rings. The van der Waals surface area contributed by atoms with Crippen molar-refractivity contribution < 1.29 is 0 Å². The van der Waals surface area contributed by atoms with Gasteiger partial charge in [0.05, 0.1) is 6.04 Å². The minimum Gasteiger partial charge on any atom is -0.374 e. The highest BCUT2D eigenvalue weighted by Gasteiger charge is 2.36. The molecule has 44 heavy (non-hydrogen) atoms. The molecule has 0 radical (unpaired) electrons. The zero-order valence-electron chi connectivity index (χ0n) is 26.5. The molecule has 1 heterocycles. The molecule has 3 aromatic rings. The van der Waals surface area contributed by atoms with Crippen LogP contribution in [0.5, 0.6) is 0 Å². The van der Waals surface area contributed by atoms with Gasteiger partial charge in [0.15, 0.2) is 0 Å². The van der Waals surface area contributed by atoms with Crippen molar-refractivity contribution in [2.75, 3.05) is 0 Å². The van der Waals surface area contributed by atoms with E-state index in [0.717, 1.165) is 6.42 Å². The Labute approximate surface area is 263 Å². The zero-order chi connectivity index (χ0) is 30.6. The highest BCUT2D eigenvalue weighted by Crippen LogP contribution is 2.49. The van der Waals surface area contributed by atoms with E-state index in [1.54, 1.807) is 0 Å². The van der Waals surface area contributed by atoms with Crippen molar-refractivity contribution in [1.82, 2.24) is 5.32 Å². The van der Waals surface area contributed by atoms with Gasteiger partial charge in [-0.1, -0.05) is 149 Å². The highest BCUT2D eigenvalue weighted by atomic mass is 14.9. The lowest BCUT2D eigenvalue weighted by atomic mass is 9.81. The molecule has 7 rings (SSSR count). The fraction of sp³-hybridized carbons (Fsp3) is 0.209. The van der Waals surface area contributed by atoms with Crippen molar-refractivity contribution in [1.29, 1.82) is 0 Å². The van der Waals surface area contributed by atoms with Crippen LogP contribution >= 0.6 is 0 Å². The van der Waals surface area contributed by atoms with Gasteiger partial charge < -0.3 is 5.32 Å². The standard InChI is InChI=1S/C43H41N/c1-7-8-14-33-28(2)42(3,4)38-25-29(18-22-35(33)38)12-11-13-30-17-19-31-21-24-40(44-41(31)26-30)32-20-23-36-34-15-9-10-16-37(34)43(5,6)39(36)27-32/h7-11,13-27,41,44H,1,12H2,2-6H3/b13-11-,14-8-. The van der Waals surface area contributed by atoms with E-state index in [4.69, 9.17) is 0 Å². The molecule has 1 nitrogen and oxygen atoms in total. The van der Waals surface area contributed by atoms with Gasteiger partial charge in [-0.25, -0.2) is 0 Å². The molecule has 0 bridgehead atoms. The third kappa shape index (κ3) is 4.54. The maximum absolute atomic E-state index is 3.85. The van der Waals surface area contributed by atoms with Crippen LogP contribution in [0.4, 0.5) is 0 Å². The maximum Gasteiger partial charge on any atom is 0.0706 e. The summed E-state index contributed by atoms with van der Waals surface area (Å²) in [6.07, 6.45) is 22.9. The first-order valence-corrected chi connectivity index (χ1v) is 15.8. The molecule has 1 atom stereocenters. The van der Waals surface area contributed by atoms with Crippen LogP contribution in [0.2, 0.25) is 0 Å². The predicted molar refractivity (Wildman–Crippen MR) is 188 cm³/mol. The van der Waals surface area contributed by atoms with E-state index in [2.05, 4.69) is 156 Å². The fourth-order valence-corrected chi connectivity index (χ4v) is 7.40. The Morgan fingerprint density at radius 2 is 1.57 bits per heavy atom. The molecule has 0 aromatic heterocycles. The number of hydrogen-bond acceptors (Lipinski definition) is 1. The molecule has 1 unspecified atom stereocenters. The number of benzene rings is 3. The van der Waals surface area contributed by atoms with Gasteiger partial charge in [-0.05, 0) is 86.7 Å². The van der Waals surface area contributed by atoms with Gasteiger partial charge in [0, 0.05) is 16.5 Å². The molecule has 0 amide bonds. The van der Waals surface area contributed by atoms with Gasteiger partial charge in [-0.15, -0.1) is 0 Å². The Hall–Kier alpha value is -4.62. The van der Waals surface area contributed by atoms with Crippen LogP contribution in [0.1, 0.15) is 68.0 Å². The Bertz CT molecular complexity index is 1920. The molecular weight excluding hydrogens is 530 g/mol. The van der Waals surface area contributed by atoms with Crippen LogP contribution in [0, 0.1) is 0 Å². The molecule has 4 aliphatic rings. The molecule has 218 valence electrons. The minimum absolute atomic E-state index is 0.00161. The quantitative estimate of drug-likeness (QED) is 0.290. The summed E-state index contributed by atoms with van der Waals surface area (Å²) in [6.45, 7) is 15.5. The second kappa shape index (κ2) is 10.5. The molecule has 1 aliphatic heterocycles. The summed E-state index contributed by atoms with van der Waals surface area (Å²) in [6, 6.07) is 22.9. The summed E-state index contributed by atoms with van der Waals surface area (Å²) in [5, 5.41) is 3.82. The molecule has 3 aliphatic carbocycles. The smallest absolute Gasteiger partial charge is 0.0706 e. The summed E-state index contributed by atoms with van der Waals surface area (Å²) in [4.78, 5) is 0. The van der Waals surface area contributed by atoms with E-state index in [9.17, 15) is 0 Å². The second-order valence-corrected chi connectivity index (χ2v) is 13.5. The van der Waals surface area contributed by atoms with Gasteiger partial charge in [-0.2, -0.15) is 0 Å². The van der Waals surface area contributed by atoms with E-state index in [-0.39, 0.29) is 16.9 Å². The molecule has 3 aromatic carbocycles. The average Bonchev–Trinajstić information content (AvgIpc) is 3.37.